The number of benzene rings is 1. The van der Waals surface area contributed by atoms with E-state index >= 15 is 0 Å². The highest BCUT2D eigenvalue weighted by Gasteiger charge is 2.21. The van der Waals surface area contributed by atoms with Crippen molar-refractivity contribution in [3.63, 3.8) is 0 Å². The summed E-state index contributed by atoms with van der Waals surface area (Å²) in [6.07, 6.45) is 0. The van der Waals surface area contributed by atoms with Gasteiger partial charge >= 0.3 is 0 Å². The van der Waals surface area contributed by atoms with Crippen LogP contribution in [0.3, 0.4) is 0 Å². The smallest absolute Gasteiger partial charge is 0.264 e. The molecule has 0 fully saturated rings. The number of hydrogen-bond donors (Lipinski definition) is 0. The van der Waals surface area contributed by atoms with Gasteiger partial charge < -0.3 is 4.90 Å². The Morgan fingerprint density at radius 1 is 1.37 bits per heavy atom. The van der Waals surface area contributed by atoms with Crippen molar-refractivity contribution in [2.45, 2.75) is 19.9 Å². The van der Waals surface area contributed by atoms with Gasteiger partial charge in [0.2, 0.25) is 0 Å². The lowest BCUT2D eigenvalue weighted by Gasteiger charge is -2.25. The number of amides is 1. The molecule has 4 heteroatoms. The zero-order valence-electron chi connectivity index (χ0n) is 11.2. The molecule has 1 unspecified atom stereocenters. The average molecular weight is 294 g/mol. The van der Waals surface area contributed by atoms with E-state index in [1.54, 1.807) is 4.90 Å². The minimum atomic E-state index is -0.00676. The summed E-state index contributed by atoms with van der Waals surface area (Å²) in [7, 11) is 1.83. The largest absolute Gasteiger partial charge is 0.334 e. The molecule has 0 spiro atoms. The maximum Gasteiger partial charge on any atom is 0.264 e. The Morgan fingerprint density at radius 3 is 2.68 bits per heavy atom. The van der Waals surface area contributed by atoms with Gasteiger partial charge in [0.1, 0.15) is 0 Å². The molecule has 1 amide bonds. The standard InChI is InChI=1S/C15H16ClNOS/c1-10-7-8-19-14(10)15(18)17(3)11(2)12-5-4-6-13(16)9-12/h4-9,11H,1-3H3. The third-order valence-corrected chi connectivity index (χ3v) is 4.53. The fraction of sp³-hybridized carbons (Fsp3) is 0.267. The second kappa shape index (κ2) is 5.76. The molecule has 2 aromatic rings. The Balaban J connectivity index is 2.22. The Hall–Kier alpha value is -1.32. The van der Waals surface area contributed by atoms with E-state index in [1.807, 2.05) is 56.6 Å². The van der Waals surface area contributed by atoms with Gasteiger partial charge in [-0.3, -0.25) is 4.79 Å². The predicted octanol–water partition coefficient (Wildman–Crippen LogP) is 4.54. The van der Waals surface area contributed by atoms with Gasteiger partial charge in [0.05, 0.1) is 10.9 Å². The van der Waals surface area contributed by atoms with Crippen molar-refractivity contribution in [2.24, 2.45) is 0 Å². The number of nitrogens with zero attached hydrogens (tertiary/aromatic N) is 1. The van der Waals surface area contributed by atoms with Gasteiger partial charge in [-0.25, -0.2) is 0 Å². The summed E-state index contributed by atoms with van der Waals surface area (Å²) in [6.45, 7) is 3.97. The molecule has 0 bridgehead atoms. The Morgan fingerprint density at radius 2 is 2.11 bits per heavy atom. The van der Waals surface area contributed by atoms with Crippen LogP contribution in [-0.4, -0.2) is 17.9 Å². The zero-order chi connectivity index (χ0) is 14.0. The van der Waals surface area contributed by atoms with Gasteiger partial charge in [-0.2, -0.15) is 0 Å². The van der Waals surface area contributed by atoms with E-state index in [9.17, 15) is 4.79 Å². The second-order valence-electron chi connectivity index (χ2n) is 4.58. The first-order valence-electron chi connectivity index (χ1n) is 6.07. The summed E-state index contributed by atoms with van der Waals surface area (Å²) >= 11 is 7.48. The van der Waals surface area contributed by atoms with Gasteiger partial charge in [-0.15, -0.1) is 11.3 Å². The molecule has 1 aromatic carbocycles. The van der Waals surface area contributed by atoms with Crippen molar-refractivity contribution in [3.8, 4) is 0 Å². The number of aryl methyl sites for hydroxylation is 1. The fourth-order valence-corrected chi connectivity index (χ4v) is 3.02. The molecule has 0 saturated heterocycles. The van der Waals surface area contributed by atoms with Crippen molar-refractivity contribution in [3.05, 3.63) is 56.7 Å². The summed E-state index contributed by atoms with van der Waals surface area (Å²) in [6, 6.07) is 9.59. The number of thiophene rings is 1. The van der Waals surface area contributed by atoms with E-state index in [0.29, 0.717) is 5.02 Å². The molecule has 0 saturated carbocycles. The van der Waals surface area contributed by atoms with E-state index in [-0.39, 0.29) is 11.9 Å². The highest BCUT2D eigenvalue weighted by molar-refractivity contribution is 7.12. The van der Waals surface area contributed by atoms with E-state index in [1.165, 1.54) is 11.3 Å². The summed E-state index contributed by atoms with van der Waals surface area (Å²) < 4.78 is 0. The van der Waals surface area contributed by atoms with Crippen molar-refractivity contribution < 1.29 is 4.79 Å². The number of rotatable bonds is 3. The lowest BCUT2D eigenvalue weighted by atomic mass is 10.1. The highest BCUT2D eigenvalue weighted by atomic mass is 35.5. The van der Waals surface area contributed by atoms with Crippen molar-refractivity contribution in [1.29, 1.82) is 0 Å². The predicted molar refractivity (Wildman–Crippen MR) is 81.0 cm³/mol. The number of halogens is 1. The number of hydrogen-bond acceptors (Lipinski definition) is 2. The van der Waals surface area contributed by atoms with Crippen LogP contribution in [0.1, 0.15) is 33.8 Å². The van der Waals surface area contributed by atoms with Crippen LogP contribution >= 0.6 is 22.9 Å². The number of carbonyl (C=O) groups is 1. The quantitative estimate of drug-likeness (QED) is 0.813. The maximum atomic E-state index is 12.4. The summed E-state index contributed by atoms with van der Waals surface area (Å²) in [5.74, 6) is 0.0555. The monoisotopic (exact) mass is 293 g/mol. The summed E-state index contributed by atoms with van der Waals surface area (Å²) in [5, 5.41) is 2.64. The molecule has 2 nitrogen and oxygen atoms in total. The maximum absolute atomic E-state index is 12.4. The molecule has 2 rings (SSSR count). The Labute approximate surface area is 122 Å². The van der Waals surface area contributed by atoms with Gasteiger partial charge in [-0.1, -0.05) is 23.7 Å². The van der Waals surface area contributed by atoms with Crippen LogP contribution in [0.15, 0.2) is 35.7 Å². The zero-order valence-corrected chi connectivity index (χ0v) is 12.8. The average Bonchev–Trinajstić information content (AvgIpc) is 2.82. The lowest BCUT2D eigenvalue weighted by molar-refractivity contribution is 0.0747. The van der Waals surface area contributed by atoms with E-state index in [4.69, 9.17) is 11.6 Å². The van der Waals surface area contributed by atoms with Crippen molar-refractivity contribution in [2.75, 3.05) is 7.05 Å². The van der Waals surface area contributed by atoms with E-state index < -0.39 is 0 Å². The normalized spacial score (nSPS) is 12.2. The van der Waals surface area contributed by atoms with Crippen LogP contribution in [0, 0.1) is 6.92 Å². The molecule has 0 aliphatic rings. The molecule has 1 atom stereocenters. The molecule has 1 aromatic heterocycles. The molecular weight excluding hydrogens is 278 g/mol. The molecule has 0 aliphatic heterocycles. The first kappa shape index (κ1) is 14.1. The van der Waals surface area contributed by atoms with Crippen molar-refractivity contribution in [1.82, 2.24) is 4.90 Å². The third-order valence-electron chi connectivity index (χ3n) is 3.29. The molecule has 0 aliphatic carbocycles. The molecule has 19 heavy (non-hydrogen) atoms. The molecular formula is C15H16ClNOS. The van der Waals surface area contributed by atoms with Gasteiger partial charge in [0, 0.05) is 12.1 Å². The minimum Gasteiger partial charge on any atom is -0.334 e. The van der Waals surface area contributed by atoms with Crippen LogP contribution in [-0.2, 0) is 0 Å². The lowest BCUT2D eigenvalue weighted by Crippen LogP contribution is -2.29. The van der Waals surface area contributed by atoms with Crippen LogP contribution in [0.25, 0.3) is 0 Å². The van der Waals surface area contributed by atoms with Gasteiger partial charge in [0.25, 0.3) is 5.91 Å². The van der Waals surface area contributed by atoms with Crippen LogP contribution in [0.5, 0.6) is 0 Å². The molecule has 1 heterocycles. The SMILES string of the molecule is Cc1ccsc1C(=O)N(C)C(C)c1cccc(Cl)c1. The van der Waals surface area contributed by atoms with E-state index in [0.717, 1.165) is 16.0 Å². The topological polar surface area (TPSA) is 20.3 Å². The van der Waals surface area contributed by atoms with Gasteiger partial charge in [0.15, 0.2) is 0 Å². The Kier molecular flexibility index (Phi) is 4.27. The second-order valence-corrected chi connectivity index (χ2v) is 5.93. The third kappa shape index (κ3) is 2.99. The molecule has 0 N–H and O–H groups in total. The summed E-state index contributed by atoms with van der Waals surface area (Å²) in [5.41, 5.74) is 2.07. The first-order valence-corrected chi connectivity index (χ1v) is 7.33. The first-order chi connectivity index (χ1) is 9.00. The highest BCUT2D eigenvalue weighted by Crippen LogP contribution is 2.25. The number of carbonyl (C=O) groups excluding carboxylic acids is 1. The van der Waals surface area contributed by atoms with Crippen LogP contribution in [0.4, 0.5) is 0 Å². The Bertz CT molecular complexity index is 593. The molecule has 0 radical (unpaired) electrons. The van der Waals surface area contributed by atoms with Gasteiger partial charge in [-0.05, 0) is 48.6 Å². The van der Waals surface area contributed by atoms with Crippen LogP contribution < -0.4 is 0 Å². The summed E-state index contributed by atoms with van der Waals surface area (Å²) in [4.78, 5) is 15.0. The minimum absolute atomic E-state index is 0.00676. The molecule has 100 valence electrons. The van der Waals surface area contributed by atoms with Crippen LogP contribution in [0.2, 0.25) is 5.02 Å². The van der Waals surface area contributed by atoms with Crippen molar-refractivity contribution >= 4 is 28.8 Å². The van der Waals surface area contributed by atoms with E-state index in [2.05, 4.69) is 0 Å². The fourth-order valence-electron chi connectivity index (χ4n) is 1.92.